The number of nitrogens with zero attached hydrogens (tertiary/aromatic N) is 1. The molecule has 18 heavy (non-hydrogen) atoms. The number of benzene rings is 1. The molecule has 92 valence electrons. The van der Waals surface area contributed by atoms with Gasteiger partial charge in [0.25, 0.3) is 5.56 Å². The topological polar surface area (TPSA) is 59.3 Å². The molecule has 1 aromatic heterocycles. The van der Waals surface area contributed by atoms with Crippen LogP contribution in [0.2, 0.25) is 0 Å². The van der Waals surface area contributed by atoms with Gasteiger partial charge in [-0.25, -0.2) is 4.79 Å². The molecule has 0 fully saturated rings. The summed E-state index contributed by atoms with van der Waals surface area (Å²) in [6.45, 7) is 1.86. The molecule has 0 spiro atoms. The lowest BCUT2D eigenvalue weighted by atomic mass is 10.1. The van der Waals surface area contributed by atoms with Crippen LogP contribution in [0.15, 0.2) is 53.5 Å². The normalized spacial score (nSPS) is 12.1. The van der Waals surface area contributed by atoms with E-state index in [0.29, 0.717) is 0 Å². The van der Waals surface area contributed by atoms with Crippen molar-refractivity contribution in [3.8, 4) is 0 Å². The molecule has 1 heterocycles. The van der Waals surface area contributed by atoms with Crippen LogP contribution in [0.3, 0.4) is 0 Å². The molecular weight excluding hydrogens is 230 g/mol. The van der Waals surface area contributed by atoms with Crippen molar-refractivity contribution in [1.29, 1.82) is 0 Å². The average molecular weight is 243 g/mol. The molecule has 0 unspecified atom stereocenters. The van der Waals surface area contributed by atoms with Crippen LogP contribution in [-0.2, 0) is 0 Å². The molecule has 0 amide bonds. The SMILES string of the molecule is C[C@H](c1ccccc1)n1cccc(C(=O)O)c1=O. The molecule has 1 atom stereocenters. The van der Waals surface area contributed by atoms with Crippen LogP contribution >= 0.6 is 0 Å². The summed E-state index contributed by atoms with van der Waals surface area (Å²) < 4.78 is 1.43. The number of carboxylic acid groups (broad SMARTS) is 1. The zero-order valence-corrected chi connectivity index (χ0v) is 9.91. The third-order valence-electron chi connectivity index (χ3n) is 2.90. The molecular formula is C14H13NO3. The second kappa shape index (κ2) is 4.87. The highest BCUT2D eigenvalue weighted by Gasteiger charge is 2.14. The van der Waals surface area contributed by atoms with E-state index in [9.17, 15) is 9.59 Å². The van der Waals surface area contributed by atoms with Crippen LogP contribution in [0, 0.1) is 0 Å². The number of carbonyl (C=O) groups is 1. The van der Waals surface area contributed by atoms with Gasteiger partial charge < -0.3 is 9.67 Å². The minimum atomic E-state index is -1.20. The van der Waals surface area contributed by atoms with Gasteiger partial charge in [0.05, 0.1) is 6.04 Å². The Morgan fingerprint density at radius 2 is 1.83 bits per heavy atom. The number of hydrogen-bond acceptors (Lipinski definition) is 2. The van der Waals surface area contributed by atoms with E-state index in [4.69, 9.17) is 5.11 Å². The Labute approximate surface area is 104 Å². The van der Waals surface area contributed by atoms with E-state index in [1.807, 2.05) is 37.3 Å². The van der Waals surface area contributed by atoms with Gasteiger partial charge in [-0.1, -0.05) is 30.3 Å². The lowest BCUT2D eigenvalue weighted by Gasteiger charge is -2.15. The molecule has 2 aromatic rings. The number of aromatic carboxylic acids is 1. The van der Waals surface area contributed by atoms with Crippen LogP contribution in [0.1, 0.15) is 28.9 Å². The van der Waals surface area contributed by atoms with Crippen LogP contribution in [-0.4, -0.2) is 15.6 Å². The van der Waals surface area contributed by atoms with E-state index in [-0.39, 0.29) is 11.6 Å². The van der Waals surface area contributed by atoms with Crippen molar-refractivity contribution in [2.75, 3.05) is 0 Å². The molecule has 1 N–H and O–H groups in total. The lowest BCUT2D eigenvalue weighted by molar-refractivity contribution is 0.0694. The minimum Gasteiger partial charge on any atom is -0.477 e. The van der Waals surface area contributed by atoms with Crippen molar-refractivity contribution < 1.29 is 9.90 Å². The Morgan fingerprint density at radius 3 is 2.44 bits per heavy atom. The summed E-state index contributed by atoms with van der Waals surface area (Å²) in [6.07, 6.45) is 1.60. The first-order valence-corrected chi connectivity index (χ1v) is 5.60. The van der Waals surface area contributed by atoms with Gasteiger partial charge in [0.2, 0.25) is 0 Å². The summed E-state index contributed by atoms with van der Waals surface area (Å²) >= 11 is 0. The number of hydrogen-bond donors (Lipinski definition) is 1. The maximum atomic E-state index is 12.0. The lowest BCUT2D eigenvalue weighted by Crippen LogP contribution is -2.28. The molecule has 0 radical (unpaired) electrons. The first kappa shape index (κ1) is 12.1. The fraction of sp³-hybridized carbons (Fsp3) is 0.143. The molecule has 0 saturated carbocycles. The second-order valence-corrected chi connectivity index (χ2v) is 4.03. The van der Waals surface area contributed by atoms with Crippen LogP contribution in [0.5, 0.6) is 0 Å². The molecule has 1 aromatic carbocycles. The number of pyridine rings is 1. The van der Waals surface area contributed by atoms with Crippen molar-refractivity contribution in [2.24, 2.45) is 0 Å². The second-order valence-electron chi connectivity index (χ2n) is 4.03. The Hall–Kier alpha value is -2.36. The maximum Gasteiger partial charge on any atom is 0.341 e. The number of carboxylic acids is 1. The Kier molecular flexibility index (Phi) is 3.28. The van der Waals surface area contributed by atoms with Gasteiger partial charge in [-0.05, 0) is 24.6 Å². The van der Waals surface area contributed by atoms with Gasteiger partial charge in [0, 0.05) is 6.20 Å². The molecule has 0 aliphatic carbocycles. The summed E-state index contributed by atoms with van der Waals surface area (Å²) in [5.74, 6) is -1.20. The van der Waals surface area contributed by atoms with Crippen molar-refractivity contribution in [1.82, 2.24) is 4.57 Å². The van der Waals surface area contributed by atoms with Crippen LogP contribution in [0.4, 0.5) is 0 Å². The monoisotopic (exact) mass is 243 g/mol. The third kappa shape index (κ3) is 2.18. The van der Waals surface area contributed by atoms with Crippen molar-refractivity contribution in [3.05, 3.63) is 70.1 Å². The van der Waals surface area contributed by atoms with E-state index in [2.05, 4.69) is 0 Å². The Balaban J connectivity index is 2.50. The smallest absolute Gasteiger partial charge is 0.341 e. The van der Waals surface area contributed by atoms with Gasteiger partial charge in [-0.3, -0.25) is 4.79 Å². The standard InChI is InChI=1S/C14H13NO3/c1-10(11-6-3-2-4-7-11)15-9-5-8-12(13(15)16)14(17)18/h2-10H,1H3,(H,17,18)/t10-/m1/s1. The number of rotatable bonds is 3. The minimum absolute atomic E-state index is 0.196. The van der Waals surface area contributed by atoms with Crippen molar-refractivity contribution in [2.45, 2.75) is 13.0 Å². The maximum absolute atomic E-state index is 12.0. The zero-order valence-electron chi connectivity index (χ0n) is 9.91. The third-order valence-corrected chi connectivity index (χ3v) is 2.90. The summed E-state index contributed by atoms with van der Waals surface area (Å²) in [6, 6.07) is 12.2. The van der Waals surface area contributed by atoms with Crippen molar-refractivity contribution >= 4 is 5.97 Å². The van der Waals surface area contributed by atoms with Crippen LogP contribution in [0.25, 0.3) is 0 Å². The zero-order chi connectivity index (χ0) is 13.1. The quantitative estimate of drug-likeness (QED) is 0.898. The van der Waals surface area contributed by atoms with E-state index in [1.165, 1.54) is 10.6 Å². The van der Waals surface area contributed by atoms with Crippen molar-refractivity contribution in [3.63, 3.8) is 0 Å². The largest absolute Gasteiger partial charge is 0.477 e. The van der Waals surface area contributed by atoms with E-state index in [1.54, 1.807) is 12.3 Å². The predicted molar refractivity (Wildman–Crippen MR) is 67.9 cm³/mol. The first-order chi connectivity index (χ1) is 8.61. The van der Waals surface area contributed by atoms with E-state index < -0.39 is 11.5 Å². The van der Waals surface area contributed by atoms with Gasteiger partial charge >= 0.3 is 5.97 Å². The molecule has 0 saturated heterocycles. The average Bonchev–Trinajstić information content (AvgIpc) is 2.39. The highest BCUT2D eigenvalue weighted by molar-refractivity contribution is 5.86. The summed E-state index contributed by atoms with van der Waals surface area (Å²) in [4.78, 5) is 22.9. The van der Waals surface area contributed by atoms with Gasteiger partial charge in [-0.2, -0.15) is 0 Å². The van der Waals surface area contributed by atoms with E-state index in [0.717, 1.165) is 5.56 Å². The molecule has 0 aliphatic heterocycles. The fourth-order valence-corrected chi connectivity index (χ4v) is 1.87. The molecule has 0 aliphatic rings. The highest BCUT2D eigenvalue weighted by Crippen LogP contribution is 2.15. The van der Waals surface area contributed by atoms with E-state index >= 15 is 0 Å². The highest BCUT2D eigenvalue weighted by atomic mass is 16.4. The van der Waals surface area contributed by atoms with Gasteiger partial charge in [0.15, 0.2) is 0 Å². The Morgan fingerprint density at radius 1 is 1.17 bits per heavy atom. The summed E-state index contributed by atoms with van der Waals surface area (Å²) in [5.41, 5.74) is 0.267. The van der Waals surface area contributed by atoms with Gasteiger partial charge in [-0.15, -0.1) is 0 Å². The molecule has 0 bridgehead atoms. The van der Waals surface area contributed by atoms with Gasteiger partial charge in [0.1, 0.15) is 5.56 Å². The number of aromatic nitrogens is 1. The first-order valence-electron chi connectivity index (χ1n) is 5.60. The Bertz CT molecular complexity index is 616. The molecule has 2 rings (SSSR count). The molecule has 4 heteroatoms. The molecule has 4 nitrogen and oxygen atoms in total. The van der Waals surface area contributed by atoms with Crippen LogP contribution < -0.4 is 5.56 Å². The predicted octanol–water partition coefficient (Wildman–Crippen LogP) is 2.16. The summed E-state index contributed by atoms with van der Waals surface area (Å²) in [7, 11) is 0. The fourth-order valence-electron chi connectivity index (χ4n) is 1.87. The summed E-state index contributed by atoms with van der Waals surface area (Å²) in [5, 5.41) is 8.93.